The Kier molecular flexibility index (Phi) is 15.7. The minimum Gasteiger partial charge on any atom is -0.458 e. The van der Waals surface area contributed by atoms with Crippen molar-refractivity contribution in [3.05, 3.63) is 30.0 Å². The van der Waals surface area contributed by atoms with Crippen molar-refractivity contribution in [2.75, 3.05) is 20.8 Å². The van der Waals surface area contributed by atoms with Crippen molar-refractivity contribution in [2.45, 2.75) is 134 Å². The highest BCUT2D eigenvalue weighted by Gasteiger charge is 2.38. The SMILES string of the molecule is COC(=O)NCC#Cc1nc(CCC#CC(=O)O[C@@H]2C[C@H]3C[C@@H](OC)C[C@H]4O[C@@H](CC[C@@H]4C)C[C@@H](/C=C/CC(C)C)OC(=O)C[C@@H](C2)O3)co1. The van der Waals surface area contributed by atoms with Crippen LogP contribution in [0.15, 0.2) is 22.8 Å². The molecule has 3 aliphatic heterocycles. The number of nitrogens with zero attached hydrogens (tertiary/aromatic N) is 1. The standard InChI is InChI=1S/C38H52N2O10/c1-25(2)10-8-12-28-18-29-16-15-26(3)34(48-29)22-30(44-4)19-31-20-32(21-33(47-31)23-37(42)49-28)50-36(41)14-7-6-11-27-24-46-35(40-27)13-9-17-39-38(43)45-5/h8,12,24-26,28-34H,6,10-11,15-23H2,1-5H3,(H,39,43)/b12-8+/t26-,28+,29-,30+,31+,32+,33+,34+/m0/s1. The van der Waals surface area contributed by atoms with E-state index in [4.69, 9.17) is 28.1 Å². The summed E-state index contributed by atoms with van der Waals surface area (Å²) in [5.41, 5.74) is 0.633. The van der Waals surface area contributed by atoms with Gasteiger partial charge in [-0.1, -0.05) is 38.7 Å². The van der Waals surface area contributed by atoms with Crippen molar-refractivity contribution >= 4 is 18.0 Å². The van der Waals surface area contributed by atoms with Gasteiger partial charge in [-0.15, -0.1) is 0 Å². The van der Waals surface area contributed by atoms with Gasteiger partial charge in [0.1, 0.15) is 18.5 Å². The molecule has 0 radical (unpaired) electrons. The number of carbonyl (C=O) groups is 3. The van der Waals surface area contributed by atoms with Crippen LogP contribution in [0, 0.1) is 35.5 Å². The number of cyclic esters (lactones) is 1. The molecule has 3 aliphatic rings. The van der Waals surface area contributed by atoms with Gasteiger partial charge in [-0.3, -0.25) is 4.79 Å². The highest BCUT2D eigenvalue weighted by atomic mass is 16.6. The lowest BCUT2D eigenvalue weighted by molar-refractivity contribution is -0.171. The molecule has 8 atom stereocenters. The Labute approximate surface area is 295 Å². The number of aryl methyl sites for hydroxylation is 1. The first-order chi connectivity index (χ1) is 24.1. The third-order valence-electron chi connectivity index (χ3n) is 9.09. The fraction of sp³-hybridized carbons (Fsp3) is 0.684. The van der Waals surface area contributed by atoms with Crippen LogP contribution in [0.2, 0.25) is 0 Å². The van der Waals surface area contributed by atoms with Crippen LogP contribution in [0.3, 0.4) is 0 Å². The molecule has 0 spiro atoms. The molecule has 0 aromatic carbocycles. The van der Waals surface area contributed by atoms with Gasteiger partial charge >= 0.3 is 18.0 Å². The number of esters is 2. The fourth-order valence-corrected chi connectivity index (χ4v) is 6.46. The number of amides is 1. The molecule has 12 nitrogen and oxygen atoms in total. The normalized spacial score (nSPS) is 28.6. The lowest BCUT2D eigenvalue weighted by atomic mass is 9.86. The van der Waals surface area contributed by atoms with E-state index in [2.05, 4.69) is 65.6 Å². The summed E-state index contributed by atoms with van der Waals surface area (Å²) in [4.78, 5) is 41.4. The minimum absolute atomic E-state index is 0.00897. The molecule has 4 rings (SSSR count). The quantitative estimate of drug-likeness (QED) is 0.128. The number of hydrogen-bond donors (Lipinski definition) is 1. The third kappa shape index (κ3) is 13.5. The second-order valence-corrected chi connectivity index (χ2v) is 13.7. The lowest BCUT2D eigenvalue weighted by Crippen LogP contribution is -2.43. The maximum Gasteiger partial charge on any atom is 0.407 e. The van der Waals surface area contributed by atoms with Gasteiger partial charge in [0.25, 0.3) is 5.89 Å². The first-order valence-corrected chi connectivity index (χ1v) is 17.7. The number of aromatic nitrogens is 1. The predicted molar refractivity (Wildman–Crippen MR) is 182 cm³/mol. The summed E-state index contributed by atoms with van der Waals surface area (Å²) in [6, 6.07) is 0. The van der Waals surface area contributed by atoms with E-state index in [1.165, 1.54) is 13.4 Å². The van der Waals surface area contributed by atoms with Gasteiger partial charge < -0.3 is 38.2 Å². The summed E-state index contributed by atoms with van der Waals surface area (Å²) in [6.07, 6.45) is 9.78. The first kappa shape index (κ1) is 39.0. The summed E-state index contributed by atoms with van der Waals surface area (Å²) >= 11 is 0. The maximum absolute atomic E-state index is 13.3. The van der Waals surface area contributed by atoms with Crippen LogP contribution in [-0.2, 0) is 44.4 Å². The molecular formula is C38H52N2O10. The fourth-order valence-electron chi connectivity index (χ4n) is 6.46. The number of fused-ring (bicyclic) bond motifs is 4. The van der Waals surface area contributed by atoms with E-state index in [1.807, 2.05) is 6.08 Å². The second kappa shape index (κ2) is 20.1. The minimum atomic E-state index is -0.634. The van der Waals surface area contributed by atoms with E-state index in [-0.39, 0.29) is 49.2 Å². The average molecular weight is 697 g/mol. The highest BCUT2D eigenvalue weighted by Crippen LogP contribution is 2.34. The van der Waals surface area contributed by atoms with E-state index in [1.54, 1.807) is 7.11 Å². The highest BCUT2D eigenvalue weighted by molar-refractivity contribution is 5.88. The Balaban J connectivity index is 1.36. The molecule has 50 heavy (non-hydrogen) atoms. The molecule has 1 amide bonds. The Morgan fingerprint density at radius 2 is 1.84 bits per heavy atom. The van der Waals surface area contributed by atoms with Crippen molar-refractivity contribution in [2.24, 2.45) is 11.8 Å². The zero-order chi connectivity index (χ0) is 35.9. The van der Waals surface area contributed by atoms with Gasteiger partial charge in [-0.05, 0) is 49.5 Å². The van der Waals surface area contributed by atoms with Crippen molar-refractivity contribution < 1.29 is 47.2 Å². The maximum atomic E-state index is 13.3. The number of ether oxygens (including phenoxy) is 6. The zero-order valence-corrected chi connectivity index (χ0v) is 29.9. The smallest absolute Gasteiger partial charge is 0.407 e. The van der Waals surface area contributed by atoms with E-state index >= 15 is 0 Å². The molecule has 1 N–H and O–H groups in total. The van der Waals surface area contributed by atoms with Crippen molar-refractivity contribution in [1.82, 2.24) is 10.3 Å². The van der Waals surface area contributed by atoms with E-state index in [0.717, 1.165) is 25.7 Å². The van der Waals surface area contributed by atoms with E-state index < -0.39 is 30.4 Å². The Hall–Kier alpha value is -3.84. The van der Waals surface area contributed by atoms with Gasteiger partial charge in [0.15, 0.2) is 0 Å². The number of alkyl carbamates (subject to hydrolysis) is 1. The van der Waals surface area contributed by atoms with Gasteiger partial charge in [-0.25, -0.2) is 14.6 Å². The molecule has 0 saturated carbocycles. The van der Waals surface area contributed by atoms with Gasteiger partial charge in [-0.2, -0.15) is 0 Å². The van der Waals surface area contributed by atoms with E-state index in [9.17, 15) is 14.4 Å². The molecule has 0 aliphatic carbocycles. The van der Waals surface area contributed by atoms with Gasteiger partial charge in [0, 0.05) is 51.6 Å². The van der Waals surface area contributed by atoms with Crippen molar-refractivity contribution in [3.63, 3.8) is 0 Å². The molecule has 3 saturated heterocycles. The topological polar surface area (TPSA) is 145 Å². The molecule has 0 unspecified atom stereocenters. The second-order valence-electron chi connectivity index (χ2n) is 13.7. The monoisotopic (exact) mass is 696 g/mol. The van der Waals surface area contributed by atoms with Crippen LogP contribution in [0.1, 0.15) is 96.6 Å². The van der Waals surface area contributed by atoms with Crippen LogP contribution in [0.25, 0.3) is 0 Å². The summed E-state index contributed by atoms with van der Waals surface area (Å²) in [5.74, 6) is 11.0. The lowest BCUT2D eigenvalue weighted by Gasteiger charge is -2.40. The van der Waals surface area contributed by atoms with Gasteiger partial charge in [0.05, 0.1) is 56.3 Å². The molecule has 3 fully saturated rings. The van der Waals surface area contributed by atoms with Crippen molar-refractivity contribution in [3.8, 4) is 23.7 Å². The van der Waals surface area contributed by atoms with Crippen molar-refractivity contribution in [1.29, 1.82) is 0 Å². The number of nitrogens with one attached hydrogen (secondary N) is 1. The van der Waals surface area contributed by atoms with Crippen LogP contribution >= 0.6 is 0 Å². The number of allylic oxidation sites excluding steroid dienone is 1. The molecule has 1 aromatic rings. The Bertz CT molecular complexity index is 1420. The molecule has 1 aromatic heterocycles. The number of rotatable bonds is 8. The summed E-state index contributed by atoms with van der Waals surface area (Å²) in [6.45, 7) is 6.62. The molecular weight excluding hydrogens is 644 g/mol. The first-order valence-electron chi connectivity index (χ1n) is 17.7. The number of oxazole rings is 1. The zero-order valence-electron chi connectivity index (χ0n) is 29.9. The Morgan fingerprint density at radius 1 is 1.04 bits per heavy atom. The van der Waals surface area contributed by atoms with Crippen LogP contribution in [-0.4, -0.2) is 86.5 Å². The van der Waals surface area contributed by atoms with E-state index in [0.29, 0.717) is 56.1 Å². The number of carbonyl (C=O) groups excluding carboxylic acids is 3. The number of hydrogen-bond acceptors (Lipinski definition) is 11. The molecule has 4 bridgehead atoms. The van der Waals surface area contributed by atoms with Crippen LogP contribution in [0.5, 0.6) is 0 Å². The predicted octanol–water partition coefficient (Wildman–Crippen LogP) is 5.06. The number of methoxy groups -OCH3 is 2. The molecule has 12 heteroatoms. The molecule has 274 valence electrons. The summed E-state index contributed by atoms with van der Waals surface area (Å²) in [7, 11) is 2.98. The summed E-state index contributed by atoms with van der Waals surface area (Å²) < 4.78 is 40.5. The Morgan fingerprint density at radius 3 is 2.62 bits per heavy atom. The summed E-state index contributed by atoms with van der Waals surface area (Å²) in [5, 5.41) is 2.44. The largest absolute Gasteiger partial charge is 0.458 e. The van der Waals surface area contributed by atoms with Crippen LogP contribution < -0.4 is 5.32 Å². The van der Waals surface area contributed by atoms with Gasteiger partial charge in [0.2, 0.25) is 0 Å². The average Bonchev–Trinajstić information content (AvgIpc) is 3.52. The van der Waals surface area contributed by atoms with Crippen LogP contribution in [0.4, 0.5) is 4.79 Å². The third-order valence-corrected chi connectivity index (χ3v) is 9.09. The molecule has 4 heterocycles.